The number of carboxylic acid groups (broad SMARTS) is 1. The molecule has 0 bridgehead atoms. The van der Waals surface area contributed by atoms with Crippen LogP contribution in [0.1, 0.15) is 101 Å². The minimum atomic E-state index is -1.14. The molecule has 3 aromatic heterocycles. The van der Waals surface area contributed by atoms with Crippen LogP contribution in [0.5, 0.6) is 5.75 Å². The van der Waals surface area contributed by atoms with Gasteiger partial charge in [-0.2, -0.15) is 0 Å². The molecule has 0 spiro atoms. The molecule has 2 saturated heterocycles. The maximum absolute atomic E-state index is 15.2. The normalized spacial score (nSPS) is 15.9. The number of hydrogen-bond acceptors (Lipinski definition) is 19. The number of thiazole rings is 2. The van der Waals surface area contributed by atoms with Crippen LogP contribution in [0.2, 0.25) is 0 Å². The van der Waals surface area contributed by atoms with Gasteiger partial charge in [-0.15, -0.1) is 16.4 Å². The van der Waals surface area contributed by atoms with Crippen molar-refractivity contribution in [3.05, 3.63) is 141 Å². The molecule has 4 aliphatic rings. The van der Waals surface area contributed by atoms with E-state index < -0.39 is 41.5 Å². The lowest BCUT2D eigenvalue weighted by Crippen LogP contribution is -2.54. The molecule has 87 heavy (non-hydrogen) atoms. The zero-order valence-electron chi connectivity index (χ0n) is 47.3. The largest absolute Gasteiger partial charge is 0.491 e. The quantitative estimate of drug-likeness (QED) is 0.0305. The minimum Gasteiger partial charge on any atom is -0.491 e. The second kappa shape index (κ2) is 27.6. The van der Waals surface area contributed by atoms with Crippen LogP contribution in [0, 0.1) is 17.7 Å². The van der Waals surface area contributed by atoms with E-state index in [4.69, 9.17) is 14.2 Å². The van der Waals surface area contributed by atoms with E-state index in [1.807, 2.05) is 46.2 Å². The number of piperidine rings is 1. The summed E-state index contributed by atoms with van der Waals surface area (Å²) in [4.78, 5) is 106. The highest BCUT2D eigenvalue weighted by atomic mass is 32.1. The molecule has 23 nitrogen and oxygen atoms in total. The van der Waals surface area contributed by atoms with Crippen LogP contribution < -0.4 is 25.6 Å². The van der Waals surface area contributed by atoms with Gasteiger partial charge in [-0.05, 0) is 91.8 Å². The fourth-order valence-electron chi connectivity index (χ4n) is 10.8. The summed E-state index contributed by atoms with van der Waals surface area (Å²) in [5.74, 6) is 2.08. The summed E-state index contributed by atoms with van der Waals surface area (Å²) in [6.45, 7) is 5.98. The second-order valence-corrected chi connectivity index (χ2v) is 23.1. The highest BCUT2D eigenvalue weighted by Gasteiger charge is 2.45. The van der Waals surface area contributed by atoms with Gasteiger partial charge >= 0.3 is 5.97 Å². The van der Waals surface area contributed by atoms with Gasteiger partial charge in [0.25, 0.3) is 17.7 Å². The van der Waals surface area contributed by atoms with Gasteiger partial charge in [-0.3, -0.25) is 53.9 Å². The van der Waals surface area contributed by atoms with Crippen molar-refractivity contribution in [3.8, 4) is 17.6 Å². The van der Waals surface area contributed by atoms with E-state index >= 15 is 4.39 Å². The first kappa shape index (κ1) is 59.7. The number of carbonyl (C=O) groups is 7. The van der Waals surface area contributed by atoms with Crippen LogP contribution in [0.4, 0.5) is 20.3 Å². The first-order valence-corrected chi connectivity index (χ1v) is 30.3. The van der Waals surface area contributed by atoms with E-state index in [9.17, 15) is 38.7 Å². The van der Waals surface area contributed by atoms with Crippen molar-refractivity contribution in [2.45, 2.75) is 70.7 Å². The van der Waals surface area contributed by atoms with Crippen molar-refractivity contribution >= 4 is 90.3 Å². The van der Waals surface area contributed by atoms with Crippen LogP contribution in [0.3, 0.4) is 0 Å². The van der Waals surface area contributed by atoms with Crippen molar-refractivity contribution in [2.75, 3.05) is 87.8 Å². The van der Waals surface area contributed by atoms with E-state index in [0.29, 0.717) is 142 Å². The molecule has 1 atom stereocenters. The number of rotatable bonds is 24. The Balaban J connectivity index is 0.544. The molecule has 0 saturated carbocycles. The van der Waals surface area contributed by atoms with Crippen molar-refractivity contribution in [3.63, 3.8) is 0 Å². The van der Waals surface area contributed by atoms with Crippen molar-refractivity contribution in [1.82, 2.24) is 45.0 Å². The number of nitrogens with one attached hydrogen (secondary N) is 3. The van der Waals surface area contributed by atoms with Crippen LogP contribution in [0.25, 0.3) is 10.2 Å². The number of aromatic carboxylic acids is 1. The van der Waals surface area contributed by atoms with Crippen LogP contribution >= 0.6 is 22.7 Å². The van der Waals surface area contributed by atoms with E-state index in [-0.39, 0.29) is 67.0 Å². The molecule has 1 unspecified atom stereocenters. The Hall–Kier alpha value is -9.00. The van der Waals surface area contributed by atoms with E-state index in [1.54, 1.807) is 35.1 Å². The fraction of sp³-hybridized carbons (Fsp3) is 0.361. The van der Waals surface area contributed by atoms with Crippen LogP contribution in [-0.2, 0) is 56.4 Å². The van der Waals surface area contributed by atoms with E-state index in [2.05, 4.69) is 53.0 Å². The van der Waals surface area contributed by atoms with Gasteiger partial charge in [0.2, 0.25) is 17.7 Å². The Morgan fingerprint density at radius 1 is 0.862 bits per heavy atom. The summed E-state index contributed by atoms with van der Waals surface area (Å²) < 4.78 is 35.1. The lowest BCUT2D eigenvalue weighted by molar-refractivity contribution is -0.136. The molecule has 0 aliphatic carbocycles. The lowest BCUT2D eigenvalue weighted by atomic mass is 9.94. The van der Waals surface area contributed by atoms with Gasteiger partial charge in [0, 0.05) is 86.9 Å². The number of nitrogens with zero attached hydrogens (tertiary/aromatic N) is 9. The third-order valence-corrected chi connectivity index (χ3v) is 17.3. The monoisotopic (exact) mass is 1220 g/mol. The Kier molecular flexibility index (Phi) is 18.9. The molecule has 4 aliphatic heterocycles. The molecule has 26 heteroatoms. The first-order valence-electron chi connectivity index (χ1n) is 28.6. The number of imide groups is 2. The Bertz CT molecular complexity index is 3800. The summed E-state index contributed by atoms with van der Waals surface area (Å²) in [6.07, 6.45) is 4.28. The highest BCUT2D eigenvalue weighted by Crippen LogP contribution is 2.35. The first-order chi connectivity index (χ1) is 42.3. The smallest absolute Gasteiger partial charge is 0.355 e. The molecule has 4 aromatic carbocycles. The van der Waals surface area contributed by atoms with Gasteiger partial charge in [0.1, 0.15) is 11.7 Å². The lowest BCUT2D eigenvalue weighted by Gasteiger charge is -2.33. The van der Waals surface area contributed by atoms with E-state index in [0.717, 1.165) is 26.2 Å². The predicted molar refractivity (Wildman–Crippen MR) is 319 cm³/mol. The average molecular weight is 1220 g/mol. The van der Waals surface area contributed by atoms with Gasteiger partial charge < -0.3 is 34.4 Å². The number of ether oxygens (including phenoxy) is 3. The van der Waals surface area contributed by atoms with Crippen molar-refractivity contribution in [2.24, 2.45) is 0 Å². The number of anilines is 3. The number of benzene rings is 4. The number of fused-ring (bicyclic) bond motifs is 3. The number of piperazine rings is 1. The number of amides is 6. The topological polar surface area (TPSA) is 273 Å². The Morgan fingerprint density at radius 3 is 2.53 bits per heavy atom. The average Bonchev–Trinajstić information content (AvgIpc) is 1.87. The summed E-state index contributed by atoms with van der Waals surface area (Å²) in [5, 5.41) is 27.8. The fourth-order valence-corrected chi connectivity index (χ4v) is 12.7. The second-order valence-electron chi connectivity index (χ2n) is 21.0. The molecule has 2 fully saturated rings. The molecular weight excluding hydrogens is 1160 g/mol. The maximum Gasteiger partial charge on any atom is 0.355 e. The summed E-state index contributed by atoms with van der Waals surface area (Å²) in [5.41, 5.74) is 5.17. The van der Waals surface area contributed by atoms with Crippen molar-refractivity contribution < 1.29 is 57.3 Å². The number of aromatic nitrogens is 5. The molecule has 4 N–H and O–H groups in total. The molecule has 450 valence electrons. The van der Waals surface area contributed by atoms with Crippen LogP contribution in [0.15, 0.2) is 85.1 Å². The molecule has 0 radical (unpaired) electrons. The maximum atomic E-state index is 15.2. The summed E-state index contributed by atoms with van der Waals surface area (Å²) in [6, 6.07) is 21.7. The summed E-state index contributed by atoms with van der Waals surface area (Å²) in [7, 11) is 0. The SMILES string of the molecule is O=C1CCC(N2C(=O)c3cccc(NCCOCCOCc4cn(CCCC(=O)N5CCN(CC#Cc6ccc(OCCCc7sc(N8CCc9cccc(C(=O)Nc%10nc%11ccccc%11s%10)c9C8)nc7C(=O)O)c(F)c6)CC5)nn4)c3C2=O)C(=O)N1. The highest BCUT2D eigenvalue weighted by molar-refractivity contribution is 7.22. The number of carbonyl (C=O) groups excluding carboxylic acids is 6. The molecule has 11 rings (SSSR count). The van der Waals surface area contributed by atoms with Gasteiger partial charge in [-0.1, -0.05) is 58.7 Å². The predicted octanol–water partition coefficient (Wildman–Crippen LogP) is 6.03. The van der Waals surface area contributed by atoms with Gasteiger partial charge in [0.05, 0.1) is 67.1 Å². The zero-order chi connectivity index (χ0) is 60.4. The van der Waals surface area contributed by atoms with E-state index in [1.165, 1.54) is 40.9 Å². The number of para-hydroxylation sites is 1. The number of carboxylic acids is 1. The minimum absolute atomic E-state index is 0.0314. The zero-order valence-corrected chi connectivity index (χ0v) is 48.9. The Morgan fingerprint density at radius 2 is 1.70 bits per heavy atom. The standard InChI is InChI=1S/C61H61FN12O11S2/c62-44-34-38(17-19-48(44)85-30-7-15-50-54(59(81)82)66-61(87-50)72-25-21-39-9-3-10-41(43(39)36-72)55(77)67-60-64-45-12-1-2-14-49(45)86-60)8-5-23-70-26-28-71(29-27-70)52(76)16-6-24-73-35-40(68-69-73)37-84-33-32-83-31-22-63-46-13-4-11-42-53(46)58(80)74(57(42)79)47-18-20-51(75)65-56(47)78/h1-4,9-14,17,19,34-35,47,63H,6-7,15-16,18,20-33,36-37H2,(H,81,82)(H,64,67,77)(H,65,75,78). The Labute approximate surface area is 506 Å². The third-order valence-electron chi connectivity index (χ3n) is 15.2. The molecule has 7 heterocycles. The third kappa shape index (κ3) is 14.3. The molecule has 6 amide bonds. The van der Waals surface area contributed by atoms with Gasteiger partial charge in [-0.25, -0.2) is 19.2 Å². The molecule has 7 aromatic rings. The summed E-state index contributed by atoms with van der Waals surface area (Å²) >= 11 is 2.71. The van der Waals surface area contributed by atoms with Gasteiger partial charge in [0.15, 0.2) is 27.5 Å². The number of halogens is 1. The van der Waals surface area contributed by atoms with Crippen LogP contribution in [-0.4, -0.2) is 164 Å². The molecular formula is C61H61FN12O11S2. The van der Waals surface area contributed by atoms with Crippen molar-refractivity contribution in [1.29, 1.82) is 0 Å². The number of hydrogen-bond donors (Lipinski definition) is 4. The number of aryl methyl sites for hydroxylation is 2.